The fraction of sp³-hybridized carbons (Fsp3) is 0.600. The lowest BCUT2D eigenvalue weighted by atomic mass is 10.2. The van der Waals surface area contributed by atoms with Crippen LogP contribution in [-0.2, 0) is 11.2 Å². The first kappa shape index (κ1) is 11.8. The summed E-state index contributed by atoms with van der Waals surface area (Å²) < 4.78 is 18.5. The smallest absolute Gasteiger partial charge is 0.186 e. The van der Waals surface area contributed by atoms with Crippen molar-refractivity contribution in [2.45, 2.75) is 26.4 Å². The number of nitrogens with one attached hydrogen (secondary N) is 1. The van der Waals surface area contributed by atoms with Crippen LogP contribution in [0.2, 0.25) is 0 Å². The van der Waals surface area contributed by atoms with Crippen LogP contribution in [0.5, 0.6) is 0 Å². The molecule has 4 nitrogen and oxygen atoms in total. The predicted octanol–water partition coefficient (Wildman–Crippen LogP) is 1.54. The van der Waals surface area contributed by atoms with Gasteiger partial charge in [0.2, 0.25) is 0 Å². The Kier molecular flexibility index (Phi) is 3.96. The molecular weight excluding hydrogens is 197 g/mol. The largest absolute Gasteiger partial charge is 0.381 e. The second-order valence-electron chi connectivity index (χ2n) is 3.39. The third-order valence-corrected chi connectivity index (χ3v) is 2.17. The minimum Gasteiger partial charge on any atom is -0.381 e. The summed E-state index contributed by atoms with van der Waals surface area (Å²) in [6.07, 6.45) is 0.603. The van der Waals surface area contributed by atoms with Crippen molar-refractivity contribution in [3.05, 3.63) is 17.3 Å². The van der Waals surface area contributed by atoms with Gasteiger partial charge in [0.15, 0.2) is 11.6 Å². The number of aryl methyl sites for hydroxylation is 1. The van der Waals surface area contributed by atoms with Crippen molar-refractivity contribution in [2.75, 3.05) is 19.5 Å². The van der Waals surface area contributed by atoms with Gasteiger partial charge in [-0.3, -0.25) is 0 Å². The molecule has 1 aromatic rings. The van der Waals surface area contributed by atoms with E-state index in [2.05, 4.69) is 15.3 Å². The Labute approximate surface area is 88.9 Å². The normalized spacial score (nSPS) is 12.6. The molecule has 0 aliphatic rings. The number of aromatic nitrogens is 2. The minimum atomic E-state index is -0.397. The minimum absolute atomic E-state index is 0.0274. The van der Waals surface area contributed by atoms with E-state index in [1.54, 1.807) is 21.1 Å². The van der Waals surface area contributed by atoms with Crippen LogP contribution in [0.15, 0.2) is 0 Å². The van der Waals surface area contributed by atoms with Gasteiger partial charge in [-0.2, -0.15) is 0 Å². The lowest BCUT2D eigenvalue weighted by Crippen LogP contribution is -2.14. The van der Waals surface area contributed by atoms with E-state index in [0.29, 0.717) is 17.9 Å². The zero-order valence-electron chi connectivity index (χ0n) is 9.47. The van der Waals surface area contributed by atoms with Gasteiger partial charge >= 0.3 is 0 Å². The number of nitrogens with zero attached hydrogens (tertiary/aromatic N) is 2. The van der Waals surface area contributed by atoms with E-state index >= 15 is 0 Å². The molecule has 0 spiro atoms. The lowest BCUT2D eigenvalue weighted by molar-refractivity contribution is 0.117. The highest BCUT2D eigenvalue weighted by Gasteiger charge is 2.11. The summed E-state index contributed by atoms with van der Waals surface area (Å²) in [7, 11) is 3.26. The number of ether oxygens (including phenoxy) is 1. The highest BCUT2D eigenvalue weighted by molar-refractivity contribution is 5.37. The molecule has 1 unspecified atom stereocenters. The summed E-state index contributed by atoms with van der Waals surface area (Å²) >= 11 is 0. The maximum Gasteiger partial charge on any atom is 0.186 e. The molecular formula is C10H16FN3O. The van der Waals surface area contributed by atoms with E-state index in [0.717, 1.165) is 0 Å². The summed E-state index contributed by atoms with van der Waals surface area (Å²) in [5, 5.41) is 2.70. The van der Waals surface area contributed by atoms with Crippen molar-refractivity contribution >= 4 is 5.82 Å². The van der Waals surface area contributed by atoms with Crippen molar-refractivity contribution in [1.82, 2.24) is 9.97 Å². The molecule has 0 saturated heterocycles. The molecule has 0 saturated carbocycles. The molecule has 0 aliphatic carbocycles. The molecule has 0 aliphatic heterocycles. The summed E-state index contributed by atoms with van der Waals surface area (Å²) in [6.45, 7) is 3.54. The number of hydrogen-bond acceptors (Lipinski definition) is 4. The second-order valence-corrected chi connectivity index (χ2v) is 3.39. The molecule has 1 N–H and O–H groups in total. The van der Waals surface area contributed by atoms with Gasteiger partial charge in [-0.1, -0.05) is 0 Å². The maximum absolute atomic E-state index is 13.4. The van der Waals surface area contributed by atoms with Crippen molar-refractivity contribution in [3.8, 4) is 0 Å². The van der Waals surface area contributed by atoms with Crippen LogP contribution in [0.25, 0.3) is 0 Å². The summed E-state index contributed by atoms with van der Waals surface area (Å²) in [4.78, 5) is 8.13. The quantitative estimate of drug-likeness (QED) is 0.824. The molecule has 1 heterocycles. The van der Waals surface area contributed by atoms with E-state index in [1.165, 1.54) is 0 Å². The average molecular weight is 213 g/mol. The Hall–Kier alpha value is -1.23. The molecule has 84 valence electrons. The Bertz CT molecular complexity index is 344. The van der Waals surface area contributed by atoms with Crippen molar-refractivity contribution < 1.29 is 9.13 Å². The zero-order chi connectivity index (χ0) is 11.4. The van der Waals surface area contributed by atoms with Gasteiger partial charge < -0.3 is 10.1 Å². The Morgan fingerprint density at radius 1 is 1.47 bits per heavy atom. The molecule has 1 atom stereocenters. The topological polar surface area (TPSA) is 47.0 Å². The Morgan fingerprint density at radius 2 is 2.13 bits per heavy atom. The molecule has 0 fully saturated rings. The van der Waals surface area contributed by atoms with Crippen LogP contribution < -0.4 is 5.32 Å². The molecule has 1 rings (SSSR count). The highest BCUT2D eigenvalue weighted by atomic mass is 19.1. The first-order valence-corrected chi connectivity index (χ1v) is 4.82. The van der Waals surface area contributed by atoms with Crippen molar-refractivity contribution in [3.63, 3.8) is 0 Å². The molecule has 5 heteroatoms. The first-order valence-electron chi connectivity index (χ1n) is 4.82. The van der Waals surface area contributed by atoms with Gasteiger partial charge in [0, 0.05) is 20.6 Å². The fourth-order valence-corrected chi connectivity index (χ4v) is 1.21. The standard InChI is InChI=1S/C10H16FN3O/c1-6(15-4)5-8-13-7(2)9(11)10(12-3)14-8/h6H,5H2,1-4H3,(H,12,13,14). The Balaban J connectivity index is 2.95. The van der Waals surface area contributed by atoms with Gasteiger partial charge in [0.1, 0.15) is 5.82 Å². The van der Waals surface area contributed by atoms with Gasteiger partial charge in [0.25, 0.3) is 0 Å². The summed E-state index contributed by atoms with van der Waals surface area (Å²) in [5.41, 5.74) is 0.354. The van der Waals surface area contributed by atoms with E-state index in [9.17, 15) is 4.39 Å². The second kappa shape index (κ2) is 5.02. The summed E-state index contributed by atoms with van der Waals surface area (Å²) in [5.74, 6) is 0.430. The van der Waals surface area contributed by atoms with E-state index in [-0.39, 0.29) is 11.9 Å². The molecule has 15 heavy (non-hydrogen) atoms. The third kappa shape index (κ3) is 2.86. The van der Waals surface area contributed by atoms with Crippen LogP contribution in [0.4, 0.5) is 10.2 Å². The highest BCUT2D eigenvalue weighted by Crippen LogP contribution is 2.14. The monoisotopic (exact) mass is 213 g/mol. The van der Waals surface area contributed by atoms with E-state index in [4.69, 9.17) is 4.74 Å². The molecule has 0 bridgehead atoms. The molecule has 0 radical (unpaired) electrons. The SMILES string of the molecule is CNc1nc(CC(C)OC)nc(C)c1F. The number of methoxy groups -OCH3 is 1. The Morgan fingerprint density at radius 3 is 2.67 bits per heavy atom. The van der Waals surface area contributed by atoms with E-state index in [1.807, 2.05) is 6.92 Å². The lowest BCUT2D eigenvalue weighted by Gasteiger charge is -2.10. The van der Waals surface area contributed by atoms with Crippen LogP contribution in [-0.4, -0.2) is 30.2 Å². The third-order valence-electron chi connectivity index (χ3n) is 2.17. The van der Waals surface area contributed by atoms with Crippen LogP contribution >= 0.6 is 0 Å². The molecule has 0 aromatic carbocycles. The van der Waals surface area contributed by atoms with E-state index < -0.39 is 5.82 Å². The van der Waals surface area contributed by atoms with Gasteiger partial charge in [-0.25, -0.2) is 14.4 Å². The van der Waals surface area contributed by atoms with Crippen LogP contribution in [0.3, 0.4) is 0 Å². The number of anilines is 1. The van der Waals surface area contributed by atoms with Gasteiger partial charge in [-0.15, -0.1) is 0 Å². The average Bonchev–Trinajstić information content (AvgIpc) is 2.22. The number of halogens is 1. The molecule has 0 amide bonds. The van der Waals surface area contributed by atoms with Gasteiger partial charge in [0.05, 0.1) is 11.8 Å². The fourth-order valence-electron chi connectivity index (χ4n) is 1.21. The molecule has 1 aromatic heterocycles. The van der Waals surface area contributed by atoms with Gasteiger partial charge in [-0.05, 0) is 13.8 Å². The predicted molar refractivity (Wildman–Crippen MR) is 56.4 cm³/mol. The zero-order valence-corrected chi connectivity index (χ0v) is 9.47. The van der Waals surface area contributed by atoms with Crippen molar-refractivity contribution in [1.29, 1.82) is 0 Å². The number of rotatable bonds is 4. The maximum atomic E-state index is 13.4. The van der Waals surface area contributed by atoms with Crippen molar-refractivity contribution in [2.24, 2.45) is 0 Å². The summed E-state index contributed by atoms with van der Waals surface area (Å²) in [6, 6.07) is 0. The van der Waals surface area contributed by atoms with Crippen LogP contribution in [0, 0.1) is 12.7 Å². The van der Waals surface area contributed by atoms with Crippen LogP contribution in [0.1, 0.15) is 18.4 Å². The first-order chi connectivity index (χ1) is 7.08. The number of hydrogen-bond donors (Lipinski definition) is 1.